The predicted molar refractivity (Wildman–Crippen MR) is 106 cm³/mol. The smallest absolute Gasteiger partial charge is 0.221 e. The summed E-state index contributed by atoms with van der Waals surface area (Å²) in [7, 11) is 0. The molecule has 0 radical (unpaired) electrons. The number of hydrogen-bond acceptors (Lipinski definition) is 5. The van der Waals surface area contributed by atoms with Crippen LogP contribution in [0.3, 0.4) is 0 Å². The van der Waals surface area contributed by atoms with Crippen molar-refractivity contribution in [1.29, 1.82) is 0 Å². The monoisotopic (exact) mass is 373 g/mol. The number of piperazine rings is 1. The summed E-state index contributed by atoms with van der Waals surface area (Å²) in [5.74, 6) is -0.0497. The standard InChI is InChI=1S/C20H27N3O2S/c1-16(25)21-19-4-2-17(3-5-19)12-22-8-9-23(20(14-22)6-10-24)13-18-7-11-26-15-18/h2-5,7,11,15,20,24H,6,8-10,12-14H2,1H3,(H,21,25)/t20-/m1/s1. The van der Waals surface area contributed by atoms with Gasteiger partial charge < -0.3 is 10.4 Å². The van der Waals surface area contributed by atoms with Crippen molar-refractivity contribution in [2.45, 2.75) is 32.5 Å². The first-order valence-electron chi connectivity index (χ1n) is 9.09. The Balaban J connectivity index is 1.57. The number of rotatable bonds is 7. The van der Waals surface area contributed by atoms with Crippen molar-refractivity contribution < 1.29 is 9.90 Å². The van der Waals surface area contributed by atoms with E-state index in [9.17, 15) is 9.90 Å². The maximum Gasteiger partial charge on any atom is 0.221 e. The molecule has 1 fully saturated rings. The summed E-state index contributed by atoms with van der Waals surface area (Å²) in [6, 6.07) is 10.6. The Hall–Kier alpha value is -1.73. The Kier molecular flexibility index (Phi) is 6.80. The topological polar surface area (TPSA) is 55.8 Å². The third kappa shape index (κ3) is 5.38. The van der Waals surface area contributed by atoms with Gasteiger partial charge in [-0.25, -0.2) is 0 Å². The molecule has 1 atom stereocenters. The molecule has 26 heavy (non-hydrogen) atoms. The summed E-state index contributed by atoms with van der Waals surface area (Å²) in [4.78, 5) is 16.1. The van der Waals surface area contributed by atoms with Gasteiger partial charge in [0.15, 0.2) is 0 Å². The fraction of sp³-hybridized carbons (Fsp3) is 0.450. The average molecular weight is 374 g/mol. The van der Waals surface area contributed by atoms with Crippen molar-refractivity contribution in [3.8, 4) is 0 Å². The van der Waals surface area contributed by atoms with Gasteiger partial charge in [-0.3, -0.25) is 14.6 Å². The van der Waals surface area contributed by atoms with E-state index < -0.39 is 0 Å². The van der Waals surface area contributed by atoms with Gasteiger partial charge in [0.25, 0.3) is 0 Å². The molecule has 2 heterocycles. The van der Waals surface area contributed by atoms with E-state index in [2.05, 4.69) is 44.1 Å². The van der Waals surface area contributed by atoms with Gasteiger partial charge in [0.2, 0.25) is 5.91 Å². The van der Waals surface area contributed by atoms with E-state index in [0.29, 0.717) is 6.04 Å². The fourth-order valence-corrected chi connectivity index (χ4v) is 4.16. The Bertz CT molecular complexity index is 688. The second kappa shape index (κ2) is 9.28. The third-order valence-electron chi connectivity index (χ3n) is 4.80. The van der Waals surface area contributed by atoms with Crippen LogP contribution in [0.15, 0.2) is 41.1 Å². The quantitative estimate of drug-likeness (QED) is 0.784. The SMILES string of the molecule is CC(=O)Nc1ccc(CN2CCN(Cc3ccsc3)[C@H](CCO)C2)cc1. The number of hydrogen-bond donors (Lipinski definition) is 2. The van der Waals surface area contributed by atoms with E-state index >= 15 is 0 Å². The molecule has 2 aromatic rings. The fourth-order valence-electron chi connectivity index (χ4n) is 3.50. The molecule has 140 valence electrons. The number of aliphatic hydroxyl groups is 1. The van der Waals surface area contributed by atoms with E-state index in [1.807, 2.05) is 12.1 Å². The number of nitrogens with zero attached hydrogens (tertiary/aromatic N) is 2. The lowest BCUT2D eigenvalue weighted by Gasteiger charge is -2.41. The number of aliphatic hydroxyl groups excluding tert-OH is 1. The van der Waals surface area contributed by atoms with Crippen LogP contribution in [-0.4, -0.2) is 53.1 Å². The summed E-state index contributed by atoms with van der Waals surface area (Å²) < 4.78 is 0. The average Bonchev–Trinajstić information content (AvgIpc) is 3.12. The van der Waals surface area contributed by atoms with E-state index in [1.165, 1.54) is 18.1 Å². The molecule has 1 aromatic heterocycles. The number of nitrogens with one attached hydrogen (secondary N) is 1. The Morgan fingerprint density at radius 2 is 2.00 bits per heavy atom. The minimum Gasteiger partial charge on any atom is -0.396 e. The molecule has 1 aromatic carbocycles. The van der Waals surface area contributed by atoms with Gasteiger partial charge in [0, 0.05) is 58.0 Å². The molecule has 1 saturated heterocycles. The summed E-state index contributed by atoms with van der Waals surface area (Å²) in [5, 5.41) is 16.6. The van der Waals surface area contributed by atoms with E-state index in [1.54, 1.807) is 11.3 Å². The van der Waals surface area contributed by atoms with Gasteiger partial charge >= 0.3 is 0 Å². The molecule has 1 aliphatic rings. The van der Waals surface area contributed by atoms with Crippen molar-refractivity contribution in [3.05, 3.63) is 52.2 Å². The van der Waals surface area contributed by atoms with Crippen molar-refractivity contribution in [1.82, 2.24) is 9.80 Å². The van der Waals surface area contributed by atoms with Crippen LogP contribution in [0.25, 0.3) is 0 Å². The lowest BCUT2D eigenvalue weighted by Crippen LogP contribution is -2.52. The summed E-state index contributed by atoms with van der Waals surface area (Å²) in [5.41, 5.74) is 3.44. The van der Waals surface area contributed by atoms with E-state index in [0.717, 1.165) is 44.8 Å². The molecule has 0 spiro atoms. The maximum atomic E-state index is 11.1. The van der Waals surface area contributed by atoms with Crippen molar-refractivity contribution in [2.24, 2.45) is 0 Å². The molecule has 0 bridgehead atoms. The van der Waals surface area contributed by atoms with E-state index in [-0.39, 0.29) is 12.5 Å². The zero-order chi connectivity index (χ0) is 18.4. The normalized spacial score (nSPS) is 18.8. The predicted octanol–water partition coefficient (Wildman–Crippen LogP) is 2.78. The number of carbonyl (C=O) groups excluding carboxylic acids is 1. The van der Waals surface area contributed by atoms with E-state index in [4.69, 9.17) is 0 Å². The summed E-state index contributed by atoms with van der Waals surface area (Å²) in [6.45, 7) is 6.62. The first-order valence-corrected chi connectivity index (χ1v) is 10.0. The molecule has 6 heteroatoms. The summed E-state index contributed by atoms with van der Waals surface area (Å²) >= 11 is 1.74. The maximum absolute atomic E-state index is 11.1. The van der Waals surface area contributed by atoms with Gasteiger partial charge in [-0.05, 0) is 46.5 Å². The van der Waals surface area contributed by atoms with Gasteiger partial charge in [-0.1, -0.05) is 12.1 Å². The molecule has 0 aliphatic carbocycles. The van der Waals surface area contributed by atoms with Crippen LogP contribution < -0.4 is 5.32 Å². The van der Waals surface area contributed by atoms with Crippen LogP contribution in [0, 0.1) is 0 Å². The molecular formula is C20H27N3O2S. The molecule has 1 aliphatic heterocycles. The van der Waals surface area contributed by atoms with Crippen molar-refractivity contribution in [2.75, 3.05) is 31.6 Å². The summed E-state index contributed by atoms with van der Waals surface area (Å²) in [6.07, 6.45) is 0.808. The van der Waals surface area contributed by atoms with Gasteiger partial charge in [-0.15, -0.1) is 0 Å². The Labute approximate surface area is 159 Å². The first-order chi connectivity index (χ1) is 12.6. The number of carbonyl (C=O) groups is 1. The highest BCUT2D eigenvalue weighted by molar-refractivity contribution is 7.07. The minimum absolute atomic E-state index is 0.0497. The number of amides is 1. The van der Waals surface area contributed by atoms with Crippen LogP contribution in [0.4, 0.5) is 5.69 Å². The molecule has 3 rings (SSSR count). The van der Waals surface area contributed by atoms with Crippen molar-refractivity contribution in [3.63, 3.8) is 0 Å². The van der Waals surface area contributed by atoms with Crippen LogP contribution in [0.1, 0.15) is 24.5 Å². The van der Waals surface area contributed by atoms with Crippen LogP contribution >= 0.6 is 11.3 Å². The van der Waals surface area contributed by atoms with Gasteiger partial charge in [0.1, 0.15) is 0 Å². The number of benzene rings is 1. The minimum atomic E-state index is -0.0497. The van der Waals surface area contributed by atoms with Gasteiger partial charge in [-0.2, -0.15) is 11.3 Å². The number of thiophene rings is 1. The zero-order valence-electron chi connectivity index (χ0n) is 15.2. The Morgan fingerprint density at radius 3 is 2.65 bits per heavy atom. The lowest BCUT2D eigenvalue weighted by atomic mass is 10.1. The highest BCUT2D eigenvalue weighted by Crippen LogP contribution is 2.20. The molecule has 1 amide bonds. The highest BCUT2D eigenvalue weighted by atomic mass is 32.1. The highest BCUT2D eigenvalue weighted by Gasteiger charge is 2.26. The zero-order valence-corrected chi connectivity index (χ0v) is 16.0. The van der Waals surface area contributed by atoms with Crippen LogP contribution in [0.5, 0.6) is 0 Å². The Morgan fingerprint density at radius 1 is 1.19 bits per heavy atom. The third-order valence-corrected chi connectivity index (χ3v) is 5.53. The van der Waals surface area contributed by atoms with Gasteiger partial charge in [0.05, 0.1) is 0 Å². The molecule has 2 N–H and O–H groups in total. The largest absolute Gasteiger partial charge is 0.396 e. The lowest BCUT2D eigenvalue weighted by molar-refractivity contribution is -0.114. The molecule has 0 unspecified atom stereocenters. The molecular weight excluding hydrogens is 346 g/mol. The molecule has 5 nitrogen and oxygen atoms in total. The van der Waals surface area contributed by atoms with Crippen LogP contribution in [0.2, 0.25) is 0 Å². The molecule has 0 saturated carbocycles. The van der Waals surface area contributed by atoms with Crippen LogP contribution in [-0.2, 0) is 17.9 Å². The second-order valence-corrected chi connectivity index (χ2v) is 7.66. The van der Waals surface area contributed by atoms with Crippen molar-refractivity contribution >= 4 is 22.9 Å². The first kappa shape index (κ1) is 19.0. The second-order valence-electron chi connectivity index (χ2n) is 6.88. The number of anilines is 1.